The largest absolute Gasteiger partial charge is 0.326 e. The van der Waals surface area contributed by atoms with Gasteiger partial charge in [0, 0.05) is 16.3 Å². The number of nitrogens with zero attached hydrogens (tertiary/aromatic N) is 2. The number of aryl methyl sites for hydroxylation is 1. The van der Waals surface area contributed by atoms with Gasteiger partial charge in [0.05, 0.1) is 12.1 Å². The molecule has 0 radical (unpaired) electrons. The zero-order valence-electron chi connectivity index (χ0n) is 15.5. The normalized spacial score (nSPS) is 15.2. The summed E-state index contributed by atoms with van der Waals surface area (Å²) in [7, 11) is 0. The van der Waals surface area contributed by atoms with Crippen molar-refractivity contribution in [1.29, 1.82) is 0 Å². The van der Waals surface area contributed by atoms with Gasteiger partial charge in [-0.05, 0) is 37.1 Å². The molecule has 1 atom stereocenters. The van der Waals surface area contributed by atoms with Crippen LogP contribution in [0.2, 0.25) is 5.02 Å². The van der Waals surface area contributed by atoms with Gasteiger partial charge in [-0.2, -0.15) is 5.10 Å². The second-order valence-corrected chi connectivity index (χ2v) is 7.20. The van der Waals surface area contributed by atoms with Crippen LogP contribution >= 0.6 is 11.6 Å². The SMILES string of the molecule is Cc1nn2c(c1-c1ccccc1)NC(=O)C2CC(=O)Nc1cccc(Cl)c1C. The predicted molar refractivity (Wildman–Crippen MR) is 110 cm³/mol. The maximum absolute atomic E-state index is 12.6. The molecule has 1 unspecified atom stereocenters. The maximum Gasteiger partial charge on any atom is 0.251 e. The zero-order valence-corrected chi connectivity index (χ0v) is 16.2. The third-order valence-corrected chi connectivity index (χ3v) is 5.32. The minimum Gasteiger partial charge on any atom is -0.326 e. The van der Waals surface area contributed by atoms with Crippen LogP contribution in [0, 0.1) is 13.8 Å². The predicted octanol–water partition coefficient (Wildman–Crippen LogP) is 4.34. The van der Waals surface area contributed by atoms with Gasteiger partial charge < -0.3 is 10.6 Å². The highest BCUT2D eigenvalue weighted by Crippen LogP contribution is 2.38. The molecule has 2 amide bonds. The number of carbonyl (C=O) groups is 2. The average molecular weight is 395 g/mol. The number of carbonyl (C=O) groups excluding carboxylic acids is 2. The van der Waals surface area contributed by atoms with Crippen molar-refractivity contribution in [2.45, 2.75) is 26.3 Å². The smallest absolute Gasteiger partial charge is 0.251 e. The van der Waals surface area contributed by atoms with E-state index < -0.39 is 6.04 Å². The molecule has 1 aliphatic rings. The maximum atomic E-state index is 12.6. The van der Waals surface area contributed by atoms with Gasteiger partial charge in [-0.3, -0.25) is 9.59 Å². The Morgan fingerprint density at radius 3 is 2.68 bits per heavy atom. The molecule has 0 saturated heterocycles. The molecular formula is C21H19ClN4O2. The van der Waals surface area contributed by atoms with Crippen molar-refractivity contribution in [2.75, 3.05) is 10.6 Å². The summed E-state index contributed by atoms with van der Waals surface area (Å²) in [4.78, 5) is 25.1. The summed E-state index contributed by atoms with van der Waals surface area (Å²) in [5, 5.41) is 10.8. The second-order valence-electron chi connectivity index (χ2n) is 6.79. The van der Waals surface area contributed by atoms with Crippen molar-refractivity contribution >= 4 is 34.9 Å². The molecule has 0 aliphatic carbocycles. The molecule has 0 fully saturated rings. The molecule has 0 saturated carbocycles. The lowest BCUT2D eigenvalue weighted by Gasteiger charge is -2.12. The Morgan fingerprint density at radius 1 is 1.18 bits per heavy atom. The molecule has 1 aliphatic heterocycles. The quantitative estimate of drug-likeness (QED) is 0.691. The first-order chi connectivity index (χ1) is 13.5. The fraction of sp³-hybridized carbons (Fsp3) is 0.190. The summed E-state index contributed by atoms with van der Waals surface area (Å²) in [6, 6.07) is 14.4. The van der Waals surface area contributed by atoms with Crippen LogP contribution in [-0.4, -0.2) is 21.6 Å². The molecule has 3 aromatic rings. The standard InChI is InChI=1S/C21H19ClN4O2/c1-12-15(22)9-6-10-16(12)23-18(27)11-17-21(28)24-20-19(13(2)25-26(17)20)14-7-4-3-5-8-14/h3-10,17H,11H2,1-2H3,(H,23,27)(H,24,28). The molecule has 6 nitrogen and oxygen atoms in total. The van der Waals surface area contributed by atoms with Crippen LogP contribution in [0.4, 0.5) is 11.5 Å². The molecule has 2 N–H and O–H groups in total. The van der Waals surface area contributed by atoms with E-state index in [-0.39, 0.29) is 18.2 Å². The Kier molecular flexibility index (Phi) is 4.65. The van der Waals surface area contributed by atoms with Crippen molar-refractivity contribution in [3.05, 3.63) is 64.8 Å². The molecule has 0 bridgehead atoms. The Labute approximate surface area is 167 Å². The van der Waals surface area contributed by atoms with E-state index in [1.54, 1.807) is 22.9 Å². The number of halogens is 1. The summed E-state index contributed by atoms with van der Waals surface area (Å²) in [5.41, 5.74) is 4.08. The summed E-state index contributed by atoms with van der Waals surface area (Å²) in [5.74, 6) is 0.121. The lowest BCUT2D eigenvalue weighted by Crippen LogP contribution is -2.24. The minimum absolute atomic E-state index is 0.0138. The fourth-order valence-electron chi connectivity index (χ4n) is 3.45. The number of rotatable bonds is 4. The number of amides is 2. The summed E-state index contributed by atoms with van der Waals surface area (Å²) in [6.07, 6.45) is -0.0138. The van der Waals surface area contributed by atoms with E-state index in [1.807, 2.05) is 44.2 Å². The van der Waals surface area contributed by atoms with E-state index in [0.717, 1.165) is 22.4 Å². The summed E-state index contributed by atoms with van der Waals surface area (Å²) in [6.45, 7) is 3.73. The number of nitrogens with one attached hydrogen (secondary N) is 2. The number of fused-ring (bicyclic) bond motifs is 1. The molecule has 1 aromatic heterocycles. The first-order valence-corrected chi connectivity index (χ1v) is 9.34. The number of hydrogen-bond donors (Lipinski definition) is 2. The average Bonchev–Trinajstić information content (AvgIpc) is 3.14. The van der Waals surface area contributed by atoms with Crippen LogP contribution in [-0.2, 0) is 9.59 Å². The van der Waals surface area contributed by atoms with Gasteiger partial charge in [0.1, 0.15) is 11.9 Å². The highest BCUT2D eigenvalue weighted by molar-refractivity contribution is 6.31. The minimum atomic E-state index is -0.689. The van der Waals surface area contributed by atoms with Crippen LogP contribution in [0.15, 0.2) is 48.5 Å². The van der Waals surface area contributed by atoms with E-state index in [2.05, 4.69) is 15.7 Å². The number of benzene rings is 2. The highest BCUT2D eigenvalue weighted by Gasteiger charge is 2.36. The first-order valence-electron chi connectivity index (χ1n) is 8.96. The van der Waals surface area contributed by atoms with Crippen molar-refractivity contribution in [1.82, 2.24) is 9.78 Å². The first kappa shape index (κ1) is 18.3. The van der Waals surface area contributed by atoms with Crippen LogP contribution < -0.4 is 10.6 Å². The van der Waals surface area contributed by atoms with E-state index in [1.165, 1.54) is 0 Å². The second kappa shape index (κ2) is 7.13. The van der Waals surface area contributed by atoms with Crippen molar-refractivity contribution in [2.24, 2.45) is 0 Å². The van der Waals surface area contributed by atoms with Gasteiger partial charge in [-0.25, -0.2) is 4.68 Å². The third-order valence-electron chi connectivity index (χ3n) is 4.91. The monoisotopic (exact) mass is 394 g/mol. The Hall–Kier alpha value is -3.12. The Bertz CT molecular complexity index is 1080. The fourth-order valence-corrected chi connectivity index (χ4v) is 3.63. The molecule has 7 heteroatoms. The zero-order chi connectivity index (χ0) is 19.8. The van der Waals surface area contributed by atoms with Crippen molar-refractivity contribution in [3.8, 4) is 11.1 Å². The van der Waals surface area contributed by atoms with Crippen LogP contribution in [0.25, 0.3) is 11.1 Å². The van der Waals surface area contributed by atoms with E-state index in [4.69, 9.17) is 11.6 Å². The van der Waals surface area contributed by atoms with E-state index in [0.29, 0.717) is 16.5 Å². The third kappa shape index (κ3) is 3.16. The number of hydrogen-bond acceptors (Lipinski definition) is 3. The van der Waals surface area contributed by atoms with Gasteiger partial charge in [0.15, 0.2) is 0 Å². The topological polar surface area (TPSA) is 76.0 Å². The molecule has 2 heterocycles. The van der Waals surface area contributed by atoms with E-state index in [9.17, 15) is 9.59 Å². The molecular weight excluding hydrogens is 376 g/mol. The molecule has 28 heavy (non-hydrogen) atoms. The highest BCUT2D eigenvalue weighted by atomic mass is 35.5. The van der Waals surface area contributed by atoms with Gasteiger partial charge in [0.25, 0.3) is 5.91 Å². The van der Waals surface area contributed by atoms with Gasteiger partial charge in [-0.15, -0.1) is 0 Å². The molecule has 2 aromatic carbocycles. The molecule has 142 valence electrons. The lowest BCUT2D eigenvalue weighted by molar-refractivity contribution is -0.123. The van der Waals surface area contributed by atoms with E-state index >= 15 is 0 Å². The molecule has 0 spiro atoms. The van der Waals surface area contributed by atoms with Crippen LogP contribution in [0.3, 0.4) is 0 Å². The van der Waals surface area contributed by atoms with Gasteiger partial charge in [-0.1, -0.05) is 48.0 Å². The van der Waals surface area contributed by atoms with Gasteiger partial charge >= 0.3 is 0 Å². The Morgan fingerprint density at radius 2 is 1.93 bits per heavy atom. The lowest BCUT2D eigenvalue weighted by atomic mass is 10.1. The van der Waals surface area contributed by atoms with Crippen molar-refractivity contribution in [3.63, 3.8) is 0 Å². The number of anilines is 2. The summed E-state index contributed by atoms with van der Waals surface area (Å²) >= 11 is 6.11. The summed E-state index contributed by atoms with van der Waals surface area (Å²) < 4.78 is 1.62. The van der Waals surface area contributed by atoms with Crippen molar-refractivity contribution < 1.29 is 9.59 Å². The number of aromatic nitrogens is 2. The molecule has 4 rings (SSSR count). The van der Waals surface area contributed by atoms with Gasteiger partial charge in [0.2, 0.25) is 5.91 Å². The van der Waals surface area contributed by atoms with Crippen LogP contribution in [0.1, 0.15) is 23.7 Å². The Balaban J connectivity index is 1.59. The van der Waals surface area contributed by atoms with Crippen LogP contribution in [0.5, 0.6) is 0 Å².